The molecule has 6 nitrogen and oxygen atoms in total. The number of nitrogens with zero attached hydrogens (tertiary/aromatic N) is 2. The van der Waals surface area contributed by atoms with Gasteiger partial charge in [-0.1, -0.05) is 36.0 Å². The minimum Gasteiger partial charge on any atom is -0.489 e. The molecule has 2 heterocycles. The van der Waals surface area contributed by atoms with Crippen LogP contribution in [0.3, 0.4) is 0 Å². The van der Waals surface area contributed by atoms with Gasteiger partial charge in [-0.3, -0.25) is 9.59 Å². The van der Waals surface area contributed by atoms with Crippen LogP contribution in [0.25, 0.3) is 0 Å². The number of fused-ring (bicyclic) bond motifs is 1. The van der Waals surface area contributed by atoms with Crippen molar-refractivity contribution in [2.24, 2.45) is 7.05 Å². The minimum absolute atomic E-state index is 0.141. The Labute approximate surface area is 177 Å². The maximum absolute atomic E-state index is 13.0. The highest BCUT2D eigenvalue weighted by atomic mass is 32.2. The first kappa shape index (κ1) is 20.2. The number of anilines is 1. The zero-order valence-electron chi connectivity index (χ0n) is 16.5. The second-order valence-corrected chi connectivity index (χ2v) is 7.79. The summed E-state index contributed by atoms with van der Waals surface area (Å²) in [6.07, 6.45) is 2.01. The fourth-order valence-corrected chi connectivity index (χ4v) is 4.09. The summed E-state index contributed by atoms with van der Waals surface area (Å²) in [5.74, 6) is 0.342. The van der Waals surface area contributed by atoms with Gasteiger partial charge < -0.3 is 14.6 Å². The molecule has 0 saturated heterocycles. The molecule has 0 bridgehead atoms. The molecule has 0 fully saturated rings. The minimum atomic E-state index is -0.373. The van der Waals surface area contributed by atoms with Crippen molar-refractivity contribution in [1.29, 1.82) is 0 Å². The van der Waals surface area contributed by atoms with Crippen LogP contribution < -0.4 is 15.6 Å². The summed E-state index contributed by atoms with van der Waals surface area (Å²) >= 11 is 1.35. The number of amides is 1. The third-order valence-corrected chi connectivity index (χ3v) is 5.81. The summed E-state index contributed by atoms with van der Waals surface area (Å²) in [6, 6.07) is 13.5. The number of nitrogens with one attached hydrogen (secondary N) is 1. The number of thioether (sulfide) groups is 1. The molecule has 1 aromatic heterocycles. The molecule has 0 spiro atoms. The number of hydrogen-bond acceptors (Lipinski definition) is 5. The molecule has 1 atom stereocenters. The molecule has 1 aliphatic rings. The average Bonchev–Trinajstić information content (AvgIpc) is 2.75. The summed E-state index contributed by atoms with van der Waals surface area (Å²) in [5.41, 5.74) is 1.87. The smallest absolute Gasteiger partial charge is 0.279 e. The zero-order chi connectivity index (χ0) is 21.3. The van der Waals surface area contributed by atoms with Gasteiger partial charge in [0.1, 0.15) is 24.0 Å². The van der Waals surface area contributed by atoms with Crippen LogP contribution >= 0.6 is 11.8 Å². The van der Waals surface area contributed by atoms with E-state index in [1.165, 1.54) is 23.9 Å². The number of rotatable bonds is 5. The van der Waals surface area contributed by atoms with Crippen molar-refractivity contribution < 1.29 is 13.9 Å². The number of halogens is 1. The van der Waals surface area contributed by atoms with Crippen LogP contribution in [0.4, 0.5) is 10.2 Å². The van der Waals surface area contributed by atoms with Crippen molar-refractivity contribution in [1.82, 2.24) is 9.55 Å². The van der Waals surface area contributed by atoms with E-state index in [4.69, 9.17) is 4.74 Å². The van der Waals surface area contributed by atoms with Gasteiger partial charge in [0, 0.05) is 19.4 Å². The van der Waals surface area contributed by atoms with Crippen molar-refractivity contribution in [3.05, 3.63) is 81.4 Å². The summed E-state index contributed by atoms with van der Waals surface area (Å²) in [4.78, 5) is 29.2. The first-order chi connectivity index (χ1) is 14.5. The predicted molar refractivity (Wildman–Crippen MR) is 114 cm³/mol. The van der Waals surface area contributed by atoms with Crippen LogP contribution in [0.15, 0.2) is 58.5 Å². The highest BCUT2D eigenvalue weighted by Crippen LogP contribution is 2.36. The number of aromatic nitrogens is 2. The van der Waals surface area contributed by atoms with E-state index in [1.54, 1.807) is 35.9 Å². The average molecular weight is 425 g/mol. The number of hydrogen-bond donors (Lipinski definition) is 1. The quantitative estimate of drug-likeness (QED) is 0.499. The Morgan fingerprint density at radius 1 is 1.17 bits per heavy atom. The summed E-state index contributed by atoms with van der Waals surface area (Å²) in [6.45, 7) is 0.316. The van der Waals surface area contributed by atoms with E-state index in [0.717, 1.165) is 11.1 Å². The highest BCUT2D eigenvalue weighted by Gasteiger charge is 2.31. The fourth-order valence-electron chi connectivity index (χ4n) is 3.55. The number of benzene rings is 2. The Morgan fingerprint density at radius 3 is 2.53 bits per heavy atom. The maximum atomic E-state index is 13.0. The standard InChI is InChI=1S/C22H20FN3O3S/c1-26-20-19(21(28)25-22(26)30-2)17(11-18(27)24-20)14-5-9-16(10-6-14)29-12-13-3-7-15(23)8-4-13/h3-10,17H,11-12H2,1-2H3,(H,24,27). The summed E-state index contributed by atoms with van der Waals surface area (Å²) in [7, 11) is 1.78. The first-order valence-corrected chi connectivity index (χ1v) is 10.6. The summed E-state index contributed by atoms with van der Waals surface area (Å²) in [5, 5.41) is 3.36. The molecule has 8 heteroatoms. The van der Waals surface area contributed by atoms with Gasteiger partial charge in [-0.05, 0) is 41.6 Å². The molecular weight excluding hydrogens is 405 g/mol. The van der Waals surface area contributed by atoms with E-state index in [1.807, 2.05) is 18.4 Å². The largest absolute Gasteiger partial charge is 0.489 e. The van der Waals surface area contributed by atoms with Crippen molar-refractivity contribution in [2.45, 2.75) is 24.1 Å². The Hall–Kier alpha value is -3.13. The monoisotopic (exact) mass is 425 g/mol. The van der Waals surface area contributed by atoms with E-state index in [-0.39, 0.29) is 29.6 Å². The lowest BCUT2D eigenvalue weighted by molar-refractivity contribution is -0.116. The van der Waals surface area contributed by atoms with Crippen molar-refractivity contribution in [2.75, 3.05) is 11.6 Å². The Balaban J connectivity index is 1.59. The molecule has 2 aromatic carbocycles. The fraction of sp³-hybridized carbons (Fsp3) is 0.227. The number of carbonyl (C=O) groups excluding carboxylic acids is 1. The molecule has 154 valence electrons. The Morgan fingerprint density at radius 2 is 1.87 bits per heavy atom. The van der Waals surface area contributed by atoms with Gasteiger partial charge in [-0.25, -0.2) is 4.39 Å². The zero-order valence-corrected chi connectivity index (χ0v) is 17.3. The van der Waals surface area contributed by atoms with Gasteiger partial charge in [-0.2, -0.15) is 4.98 Å². The van der Waals surface area contributed by atoms with E-state index in [0.29, 0.717) is 28.9 Å². The van der Waals surface area contributed by atoms with Crippen molar-refractivity contribution >= 4 is 23.5 Å². The third kappa shape index (κ3) is 3.95. The summed E-state index contributed by atoms with van der Waals surface area (Å²) < 4.78 is 20.5. The molecule has 1 aliphatic heterocycles. The van der Waals surface area contributed by atoms with Crippen molar-refractivity contribution in [3.8, 4) is 5.75 Å². The van der Waals surface area contributed by atoms with E-state index in [9.17, 15) is 14.0 Å². The molecule has 1 N–H and O–H groups in total. The second-order valence-electron chi connectivity index (χ2n) is 7.01. The molecule has 30 heavy (non-hydrogen) atoms. The third-order valence-electron chi connectivity index (χ3n) is 5.08. The van der Waals surface area contributed by atoms with Crippen LogP contribution in [-0.2, 0) is 18.4 Å². The first-order valence-electron chi connectivity index (χ1n) is 9.38. The van der Waals surface area contributed by atoms with Crippen LogP contribution in [0, 0.1) is 5.82 Å². The van der Waals surface area contributed by atoms with Crippen LogP contribution in [-0.4, -0.2) is 21.7 Å². The lowest BCUT2D eigenvalue weighted by Gasteiger charge is -2.27. The van der Waals surface area contributed by atoms with Crippen molar-refractivity contribution in [3.63, 3.8) is 0 Å². The normalized spacial score (nSPS) is 15.4. The van der Waals surface area contributed by atoms with Gasteiger partial charge in [0.05, 0.1) is 5.56 Å². The molecule has 1 amide bonds. The van der Waals surface area contributed by atoms with Gasteiger partial charge in [0.15, 0.2) is 5.16 Å². The highest BCUT2D eigenvalue weighted by molar-refractivity contribution is 7.98. The van der Waals surface area contributed by atoms with E-state index in [2.05, 4.69) is 10.3 Å². The number of ether oxygens (including phenoxy) is 1. The molecular formula is C22H20FN3O3S. The van der Waals surface area contributed by atoms with Gasteiger partial charge in [0.25, 0.3) is 5.56 Å². The molecule has 0 saturated carbocycles. The maximum Gasteiger partial charge on any atom is 0.279 e. The molecule has 0 aliphatic carbocycles. The van der Waals surface area contributed by atoms with E-state index < -0.39 is 0 Å². The molecule has 0 radical (unpaired) electrons. The second kappa shape index (κ2) is 8.31. The van der Waals surface area contributed by atoms with Gasteiger partial charge in [0.2, 0.25) is 5.91 Å². The van der Waals surface area contributed by atoms with Gasteiger partial charge in [-0.15, -0.1) is 0 Å². The molecule has 3 aromatic rings. The lowest BCUT2D eigenvalue weighted by Crippen LogP contribution is -2.33. The Kier molecular flexibility index (Phi) is 5.59. The van der Waals surface area contributed by atoms with Crippen LogP contribution in [0.1, 0.15) is 29.0 Å². The topological polar surface area (TPSA) is 73.2 Å². The van der Waals surface area contributed by atoms with Gasteiger partial charge >= 0.3 is 0 Å². The molecule has 4 rings (SSSR count). The predicted octanol–water partition coefficient (Wildman–Crippen LogP) is 3.69. The SMILES string of the molecule is CSc1nc(=O)c2c(n1C)NC(=O)CC2c1ccc(OCc2ccc(F)cc2)cc1. The van der Waals surface area contributed by atoms with E-state index >= 15 is 0 Å². The van der Waals surface area contributed by atoms with Crippen LogP contribution in [0.2, 0.25) is 0 Å². The molecule has 1 unspecified atom stereocenters. The Bertz CT molecular complexity index is 1140. The number of carbonyl (C=O) groups is 1. The lowest BCUT2D eigenvalue weighted by atomic mass is 9.87. The van der Waals surface area contributed by atoms with Crippen LogP contribution in [0.5, 0.6) is 5.75 Å².